The molecule has 0 saturated carbocycles. The second-order valence-corrected chi connectivity index (χ2v) is 4.80. The largest absolute Gasteiger partial charge is 0.476 e. The maximum Gasteiger partial charge on any atom is 0.221 e. The Morgan fingerprint density at radius 3 is 3.06 bits per heavy atom. The highest BCUT2D eigenvalue weighted by molar-refractivity contribution is 5.86. The number of nitrogens with zero attached hydrogens (tertiary/aromatic N) is 1. The van der Waals surface area contributed by atoms with Crippen molar-refractivity contribution in [1.82, 2.24) is 10.3 Å². The van der Waals surface area contributed by atoms with Crippen LogP contribution < -0.4 is 10.1 Å². The topological polar surface area (TPSA) is 34.1 Å². The highest BCUT2D eigenvalue weighted by atomic mass is 16.5. The Labute approximate surface area is 107 Å². The maximum absolute atomic E-state index is 5.89. The number of rotatable bonds is 3. The zero-order valence-corrected chi connectivity index (χ0v) is 10.4. The molecule has 18 heavy (non-hydrogen) atoms. The van der Waals surface area contributed by atoms with Gasteiger partial charge in [0, 0.05) is 17.6 Å². The fourth-order valence-electron chi connectivity index (χ4n) is 2.45. The van der Waals surface area contributed by atoms with E-state index in [-0.39, 0.29) is 0 Å². The summed E-state index contributed by atoms with van der Waals surface area (Å²) in [7, 11) is 0. The van der Waals surface area contributed by atoms with Crippen LogP contribution in [0.4, 0.5) is 0 Å². The summed E-state index contributed by atoms with van der Waals surface area (Å²) in [6.07, 6.45) is 5.59. The first-order valence-electron chi connectivity index (χ1n) is 6.63. The summed E-state index contributed by atoms with van der Waals surface area (Å²) in [6, 6.07) is 10.7. The Bertz CT molecular complexity index is 515. The zero-order chi connectivity index (χ0) is 12.2. The number of benzene rings is 1. The van der Waals surface area contributed by atoms with E-state index in [9.17, 15) is 0 Å². The van der Waals surface area contributed by atoms with Crippen LogP contribution in [0.3, 0.4) is 0 Å². The summed E-state index contributed by atoms with van der Waals surface area (Å²) in [4.78, 5) is 4.34. The molecule has 0 aliphatic carbocycles. The van der Waals surface area contributed by atoms with Crippen molar-refractivity contribution in [2.75, 3.05) is 13.2 Å². The Hall–Kier alpha value is -1.61. The number of nitrogens with one attached hydrogen (secondary N) is 1. The monoisotopic (exact) mass is 242 g/mol. The summed E-state index contributed by atoms with van der Waals surface area (Å²) >= 11 is 0. The summed E-state index contributed by atoms with van der Waals surface area (Å²) in [5, 5.41) is 5.76. The molecular formula is C15H18N2O. The van der Waals surface area contributed by atoms with Crippen molar-refractivity contribution in [2.24, 2.45) is 0 Å². The van der Waals surface area contributed by atoms with Crippen LogP contribution in [0.1, 0.15) is 19.3 Å². The van der Waals surface area contributed by atoms with E-state index in [1.54, 1.807) is 0 Å². The lowest BCUT2D eigenvalue weighted by molar-refractivity contribution is 0.234. The zero-order valence-electron chi connectivity index (χ0n) is 10.4. The molecule has 0 spiro atoms. The number of hydrogen-bond acceptors (Lipinski definition) is 3. The van der Waals surface area contributed by atoms with Gasteiger partial charge >= 0.3 is 0 Å². The van der Waals surface area contributed by atoms with Crippen LogP contribution >= 0.6 is 0 Å². The van der Waals surface area contributed by atoms with E-state index < -0.39 is 0 Å². The van der Waals surface area contributed by atoms with Crippen molar-refractivity contribution >= 4 is 10.8 Å². The van der Waals surface area contributed by atoms with Crippen molar-refractivity contribution in [3.63, 3.8) is 0 Å². The molecule has 1 atom stereocenters. The Balaban J connectivity index is 1.74. The highest BCUT2D eigenvalue weighted by Gasteiger charge is 2.13. The second kappa shape index (κ2) is 5.36. The SMILES string of the molecule is c1ccc2c(OCC3CCCCN3)nccc2c1. The van der Waals surface area contributed by atoms with E-state index in [1.165, 1.54) is 24.6 Å². The van der Waals surface area contributed by atoms with Gasteiger partial charge in [-0.2, -0.15) is 0 Å². The average molecular weight is 242 g/mol. The van der Waals surface area contributed by atoms with Gasteiger partial charge in [-0.1, -0.05) is 24.6 Å². The second-order valence-electron chi connectivity index (χ2n) is 4.80. The standard InChI is InChI=1S/C15H18N2O/c1-2-7-14-12(5-1)8-10-17-15(14)18-11-13-6-3-4-9-16-13/h1-2,5,7-8,10,13,16H,3-4,6,9,11H2. The van der Waals surface area contributed by atoms with E-state index in [4.69, 9.17) is 4.74 Å². The van der Waals surface area contributed by atoms with Crippen molar-refractivity contribution in [3.8, 4) is 5.88 Å². The van der Waals surface area contributed by atoms with Gasteiger partial charge in [-0.15, -0.1) is 0 Å². The lowest BCUT2D eigenvalue weighted by atomic mass is 10.1. The highest BCUT2D eigenvalue weighted by Crippen LogP contribution is 2.22. The fraction of sp³-hybridized carbons (Fsp3) is 0.400. The number of piperidine rings is 1. The van der Waals surface area contributed by atoms with Crippen LogP contribution in [-0.4, -0.2) is 24.2 Å². The van der Waals surface area contributed by atoms with Crippen LogP contribution in [-0.2, 0) is 0 Å². The number of ether oxygens (including phenoxy) is 1. The first-order chi connectivity index (χ1) is 8.93. The normalized spacial score (nSPS) is 19.9. The molecular weight excluding hydrogens is 224 g/mol. The molecule has 1 unspecified atom stereocenters. The predicted octanol–water partition coefficient (Wildman–Crippen LogP) is 2.76. The predicted molar refractivity (Wildman–Crippen MR) is 72.9 cm³/mol. The molecule has 3 nitrogen and oxygen atoms in total. The molecule has 1 N–H and O–H groups in total. The number of fused-ring (bicyclic) bond motifs is 1. The molecule has 3 rings (SSSR count). The third-order valence-corrected chi connectivity index (χ3v) is 3.47. The van der Waals surface area contributed by atoms with E-state index in [0.29, 0.717) is 12.6 Å². The van der Waals surface area contributed by atoms with E-state index >= 15 is 0 Å². The first-order valence-corrected chi connectivity index (χ1v) is 6.63. The third kappa shape index (κ3) is 2.46. The maximum atomic E-state index is 5.89. The summed E-state index contributed by atoms with van der Waals surface area (Å²) in [5.41, 5.74) is 0. The van der Waals surface area contributed by atoms with Gasteiger partial charge in [0.25, 0.3) is 0 Å². The van der Waals surface area contributed by atoms with Gasteiger partial charge in [-0.3, -0.25) is 0 Å². The van der Waals surface area contributed by atoms with Gasteiger partial charge < -0.3 is 10.1 Å². The van der Waals surface area contributed by atoms with Crippen molar-refractivity contribution in [1.29, 1.82) is 0 Å². The van der Waals surface area contributed by atoms with Crippen molar-refractivity contribution in [3.05, 3.63) is 36.5 Å². The molecule has 0 radical (unpaired) electrons. The van der Waals surface area contributed by atoms with Gasteiger partial charge in [0.2, 0.25) is 5.88 Å². The lowest BCUT2D eigenvalue weighted by Gasteiger charge is -2.23. The quantitative estimate of drug-likeness (QED) is 0.898. The molecule has 1 aliphatic rings. The molecule has 2 heterocycles. The fourth-order valence-corrected chi connectivity index (χ4v) is 2.45. The van der Waals surface area contributed by atoms with E-state index in [2.05, 4.69) is 22.4 Å². The molecule has 94 valence electrons. The van der Waals surface area contributed by atoms with Crippen LogP contribution in [0.5, 0.6) is 5.88 Å². The molecule has 1 aliphatic heterocycles. The number of pyridine rings is 1. The Morgan fingerprint density at radius 1 is 1.22 bits per heavy atom. The summed E-state index contributed by atoms with van der Waals surface area (Å²) < 4.78 is 5.89. The van der Waals surface area contributed by atoms with Crippen molar-refractivity contribution in [2.45, 2.75) is 25.3 Å². The van der Waals surface area contributed by atoms with E-state index in [0.717, 1.165) is 17.8 Å². The molecule has 3 heteroatoms. The number of aromatic nitrogens is 1. The summed E-state index contributed by atoms with van der Waals surface area (Å²) in [5.74, 6) is 0.750. The smallest absolute Gasteiger partial charge is 0.221 e. The van der Waals surface area contributed by atoms with Crippen LogP contribution in [0, 0.1) is 0 Å². The lowest BCUT2D eigenvalue weighted by Crippen LogP contribution is -2.38. The molecule has 1 aromatic heterocycles. The Kier molecular flexibility index (Phi) is 3.42. The molecule has 0 amide bonds. The first kappa shape index (κ1) is 11.5. The van der Waals surface area contributed by atoms with Gasteiger partial charge in [0.1, 0.15) is 6.61 Å². The third-order valence-electron chi connectivity index (χ3n) is 3.47. The summed E-state index contributed by atoms with van der Waals surface area (Å²) in [6.45, 7) is 1.82. The minimum Gasteiger partial charge on any atom is -0.476 e. The molecule has 2 aromatic rings. The Morgan fingerprint density at radius 2 is 2.17 bits per heavy atom. The van der Waals surface area contributed by atoms with Gasteiger partial charge in [0.15, 0.2) is 0 Å². The van der Waals surface area contributed by atoms with Crippen LogP contribution in [0.25, 0.3) is 10.8 Å². The van der Waals surface area contributed by atoms with Crippen LogP contribution in [0.2, 0.25) is 0 Å². The van der Waals surface area contributed by atoms with Gasteiger partial charge in [0.05, 0.1) is 0 Å². The molecule has 1 aromatic carbocycles. The molecule has 1 fully saturated rings. The number of hydrogen-bond donors (Lipinski definition) is 1. The van der Waals surface area contributed by atoms with Crippen LogP contribution in [0.15, 0.2) is 36.5 Å². The van der Waals surface area contributed by atoms with Gasteiger partial charge in [-0.05, 0) is 36.9 Å². The molecule has 1 saturated heterocycles. The van der Waals surface area contributed by atoms with Gasteiger partial charge in [-0.25, -0.2) is 4.98 Å². The van der Waals surface area contributed by atoms with Crippen molar-refractivity contribution < 1.29 is 4.74 Å². The minimum atomic E-state index is 0.472. The average Bonchev–Trinajstić information content (AvgIpc) is 2.46. The minimum absolute atomic E-state index is 0.472. The van der Waals surface area contributed by atoms with E-state index in [1.807, 2.05) is 24.4 Å². The molecule has 0 bridgehead atoms.